The van der Waals surface area contributed by atoms with Crippen LogP contribution in [0.15, 0.2) is 18.2 Å². The molecule has 1 aromatic rings. The van der Waals surface area contributed by atoms with E-state index in [9.17, 15) is 0 Å². The Bertz CT molecular complexity index is 337. The van der Waals surface area contributed by atoms with Gasteiger partial charge in [-0.3, -0.25) is 0 Å². The average Bonchev–Trinajstić information content (AvgIpc) is 2.35. The summed E-state index contributed by atoms with van der Waals surface area (Å²) in [5, 5.41) is 0.799. The molecule has 0 aromatic heterocycles. The number of rotatable bonds is 7. The highest BCUT2D eigenvalue weighted by molar-refractivity contribution is 6.31. The number of halogens is 1. The molecule has 0 aliphatic carbocycles. The van der Waals surface area contributed by atoms with E-state index < -0.39 is 0 Å². The van der Waals surface area contributed by atoms with Crippen molar-refractivity contribution in [2.45, 2.75) is 27.2 Å². The zero-order valence-corrected chi connectivity index (χ0v) is 11.8. The predicted octanol–water partition coefficient (Wildman–Crippen LogP) is 3.62. The summed E-state index contributed by atoms with van der Waals surface area (Å²) in [6.07, 6.45) is 0.957. The van der Waals surface area contributed by atoms with Gasteiger partial charge in [-0.2, -0.15) is 0 Å². The van der Waals surface area contributed by atoms with Crippen LogP contribution >= 0.6 is 11.6 Å². The number of likely N-dealkylation sites (N-methyl/N-ethyl adjacent to an activating group) is 1. The van der Waals surface area contributed by atoms with Crippen LogP contribution in [0.2, 0.25) is 5.02 Å². The van der Waals surface area contributed by atoms with E-state index in [1.165, 1.54) is 5.56 Å². The molecule has 0 aliphatic heterocycles. The molecule has 0 spiro atoms. The highest BCUT2D eigenvalue weighted by Gasteiger charge is 2.02. The molecule has 96 valence electrons. The standard InChI is InChI=1S/C14H22ClNO/c1-4-12-7-8-13(11-14(12)15)17-10-9-16(5-2)6-3/h7-8,11H,4-6,9-10H2,1-3H3. The first-order valence-corrected chi connectivity index (χ1v) is 6.72. The molecular weight excluding hydrogens is 234 g/mol. The van der Waals surface area contributed by atoms with Gasteiger partial charge in [0.05, 0.1) is 0 Å². The van der Waals surface area contributed by atoms with E-state index in [0.717, 1.165) is 36.8 Å². The van der Waals surface area contributed by atoms with Crippen LogP contribution in [-0.4, -0.2) is 31.1 Å². The Kier molecular flexibility index (Phi) is 6.38. The summed E-state index contributed by atoms with van der Waals surface area (Å²) in [5.74, 6) is 0.861. The van der Waals surface area contributed by atoms with Gasteiger partial charge in [-0.15, -0.1) is 0 Å². The predicted molar refractivity (Wildman–Crippen MR) is 74.1 cm³/mol. The Labute approximate surface area is 110 Å². The van der Waals surface area contributed by atoms with Gasteiger partial charge in [0.1, 0.15) is 12.4 Å². The van der Waals surface area contributed by atoms with E-state index in [1.807, 2.05) is 18.2 Å². The number of hydrogen-bond donors (Lipinski definition) is 0. The first-order chi connectivity index (χ1) is 8.21. The van der Waals surface area contributed by atoms with Gasteiger partial charge in [0.2, 0.25) is 0 Å². The molecule has 0 unspecified atom stereocenters. The maximum Gasteiger partial charge on any atom is 0.120 e. The Morgan fingerprint density at radius 3 is 2.41 bits per heavy atom. The van der Waals surface area contributed by atoms with Gasteiger partial charge in [0.25, 0.3) is 0 Å². The molecular formula is C14H22ClNO. The SMILES string of the molecule is CCc1ccc(OCCN(CC)CC)cc1Cl. The molecule has 0 saturated heterocycles. The minimum absolute atomic E-state index is 0.712. The molecule has 0 heterocycles. The van der Waals surface area contributed by atoms with Crippen LogP contribution in [0.4, 0.5) is 0 Å². The van der Waals surface area contributed by atoms with Crippen molar-refractivity contribution in [2.75, 3.05) is 26.2 Å². The number of benzene rings is 1. The zero-order chi connectivity index (χ0) is 12.7. The monoisotopic (exact) mass is 255 g/mol. The van der Waals surface area contributed by atoms with Gasteiger partial charge in [-0.05, 0) is 37.2 Å². The molecule has 0 atom stereocenters. The van der Waals surface area contributed by atoms with Crippen molar-refractivity contribution in [1.82, 2.24) is 4.90 Å². The third kappa shape index (κ3) is 4.57. The van der Waals surface area contributed by atoms with Gasteiger partial charge in [-0.1, -0.05) is 38.4 Å². The number of aryl methyl sites for hydroxylation is 1. The molecule has 0 amide bonds. The summed E-state index contributed by atoms with van der Waals surface area (Å²) in [7, 11) is 0. The lowest BCUT2D eigenvalue weighted by atomic mass is 10.2. The molecule has 3 heteroatoms. The van der Waals surface area contributed by atoms with Gasteiger partial charge < -0.3 is 9.64 Å². The highest BCUT2D eigenvalue weighted by Crippen LogP contribution is 2.22. The van der Waals surface area contributed by atoms with Crippen molar-refractivity contribution < 1.29 is 4.74 Å². The summed E-state index contributed by atoms with van der Waals surface area (Å²) >= 11 is 6.14. The molecule has 0 N–H and O–H groups in total. The van der Waals surface area contributed by atoms with Crippen molar-refractivity contribution in [3.63, 3.8) is 0 Å². The van der Waals surface area contributed by atoms with E-state index in [0.29, 0.717) is 6.61 Å². The van der Waals surface area contributed by atoms with E-state index in [4.69, 9.17) is 16.3 Å². The molecule has 17 heavy (non-hydrogen) atoms. The van der Waals surface area contributed by atoms with Crippen LogP contribution in [-0.2, 0) is 6.42 Å². The summed E-state index contributed by atoms with van der Waals surface area (Å²) in [6.45, 7) is 10.2. The smallest absolute Gasteiger partial charge is 0.120 e. The van der Waals surface area contributed by atoms with Crippen molar-refractivity contribution >= 4 is 11.6 Å². The van der Waals surface area contributed by atoms with Crippen molar-refractivity contribution in [3.05, 3.63) is 28.8 Å². The van der Waals surface area contributed by atoms with Crippen LogP contribution < -0.4 is 4.74 Å². The second-order valence-corrected chi connectivity index (χ2v) is 4.39. The van der Waals surface area contributed by atoms with E-state index in [2.05, 4.69) is 25.7 Å². The highest BCUT2D eigenvalue weighted by atomic mass is 35.5. The lowest BCUT2D eigenvalue weighted by Crippen LogP contribution is -2.27. The zero-order valence-electron chi connectivity index (χ0n) is 11.0. The van der Waals surface area contributed by atoms with Crippen LogP contribution in [0.1, 0.15) is 26.3 Å². The minimum Gasteiger partial charge on any atom is -0.492 e. The molecule has 0 aliphatic rings. The van der Waals surface area contributed by atoms with Crippen LogP contribution in [0.25, 0.3) is 0 Å². The van der Waals surface area contributed by atoms with Gasteiger partial charge in [0.15, 0.2) is 0 Å². The average molecular weight is 256 g/mol. The molecule has 0 radical (unpaired) electrons. The van der Waals surface area contributed by atoms with Crippen LogP contribution in [0, 0.1) is 0 Å². The molecule has 2 nitrogen and oxygen atoms in total. The quantitative estimate of drug-likeness (QED) is 0.738. The van der Waals surface area contributed by atoms with Gasteiger partial charge in [0, 0.05) is 11.6 Å². The Balaban J connectivity index is 2.44. The van der Waals surface area contributed by atoms with Crippen LogP contribution in [0.5, 0.6) is 5.75 Å². The fraction of sp³-hybridized carbons (Fsp3) is 0.571. The summed E-state index contributed by atoms with van der Waals surface area (Å²) in [5.41, 5.74) is 1.17. The normalized spacial score (nSPS) is 10.9. The fourth-order valence-corrected chi connectivity index (χ4v) is 2.04. The Morgan fingerprint density at radius 2 is 1.88 bits per heavy atom. The molecule has 1 aromatic carbocycles. The number of hydrogen-bond acceptors (Lipinski definition) is 2. The van der Waals surface area contributed by atoms with Crippen molar-refractivity contribution in [1.29, 1.82) is 0 Å². The summed E-state index contributed by atoms with van der Waals surface area (Å²) in [4.78, 5) is 2.34. The molecule has 0 fully saturated rings. The van der Waals surface area contributed by atoms with E-state index >= 15 is 0 Å². The summed E-state index contributed by atoms with van der Waals surface area (Å²) < 4.78 is 5.69. The first kappa shape index (κ1) is 14.3. The summed E-state index contributed by atoms with van der Waals surface area (Å²) in [6, 6.07) is 5.94. The lowest BCUT2D eigenvalue weighted by Gasteiger charge is -2.18. The van der Waals surface area contributed by atoms with Crippen molar-refractivity contribution in [3.8, 4) is 5.75 Å². The third-order valence-corrected chi connectivity index (χ3v) is 3.33. The second-order valence-electron chi connectivity index (χ2n) is 3.98. The van der Waals surface area contributed by atoms with Gasteiger partial charge in [-0.25, -0.2) is 0 Å². The van der Waals surface area contributed by atoms with E-state index in [-0.39, 0.29) is 0 Å². The number of ether oxygens (including phenoxy) is 1. The Morgan fingerprint density at radius 1 is 1.18 bits per heavy atom. The molecule has 0 saturated carbocycles. The molecule has 0 bridgehead atoms. The largest absolute Gasteiger partial charge is 0.492 e. The Hall–Kier alpha value is -0.730. The van der Waals surface area contributed by atoms with Gasteiger partial charge >= 0.3 is 0 Å². The first-order valence-electron chi connectivity index (χ1n) is 6.34. The second kappa shape index (κ2) is 7.57. The van der Waals surface area contributed by atoms with Crippen molar-refractivity contribution in [2.24, 2.45) is 0 Å². The minimum atomic E-state index is 0.712. The van der Waals surface area contributed by atoms with E-state index in [1.54, 1.807) is 0 Å². The number of nitrogens with zero attached hydrogens (tertiary/aromatic N) is 1. The maximum atomic E-state index is 6.14. The third-order valence-electron chi connectivity index (χ3n) is 2.98. The topological polar surface area (TPSA) is 12.5 Å². The van der Waals surface area contributed by atoms with Crippen LogP contribution in [0.3, 0.4) is 0 Å². The maximum absolute atomic E-state index is 6.14. The lowest BCUT2D eigenvalue weighted by molar-refractivity contribution is 0.223. The molecule has 1 rings (SSSR count). The fourth-order valence-electron chi connectivity index (χ4n) is 1.74.